The van der Waals surface area contributed by atoms with Crippen molar-refractivity contribution in [2.75, 3.05) is 18.0 Å². The average molecular weight is 400 g/mol. The molecular weight excluding hydrogens is 377 g/mol. The highest BCUT2D eigenvalue weighted by Crippen LogP contribution is 2.39. The Labute approximate surface area is 167 Å². The van der Waals surface area contributed by atoms with E-state index in [4.69, 9.17) is 0 Å². The van der Waals surface area contributed by atoms with Crippen LogP contribution in [0.15, 0.2) is 53.5 Å². The van der Waals surface area contributed by atoms with E-state index in [9.17, 15) is 18.0 Å². The minimum Gasteiger partial charge on any atom is -0.371 e. The Bertz CT molecular complexity index is 1150. The molecule has 6 heteroatoms. The molecule has 2 aromatic carbocycles. The molecule has 3 aromatic rings. The Morgan fingerprint density at radius 1 is 1.03 bits per heavy atom. The maximum absolute atomic E-state index is 14.0. The van der Waals surface area contributed by atoms with Gasteiger partial charge in [-0.2, -0.15) is 13.2 Å². The number of halogens is 3. The quantitative estimate of drug-likeness (QED) is 0.563. The zero-order valence-corrected chi connectivity index (χ0v) is 16.7. The number of aryl methyl sites for hydroxylation is 1. The molecule has 1 aromatic heterocycles. The third-order valence-corrected chi connectivity index (χ3v) is 5.64. The Hall–Kier alpha value is -2.76. The van der Waals surface area contributed by atoms with Gasteiger partial charge >= 0.3 is 6.18 Å². The topological polar surface area (TPSA) is 25.2 Å². The number of fused-ring (bicyclic) bond motifs is 1. The van der Waals surface area contributed by atoms with Gasteiger partial charge in [-0.15, -0.1) is 0 Å². The van der Waals surface area contributed by atoms with E-state index in [0.717, 1.165) is 25.1 Å². The van der Waals surface area contributed by atoms with Crippen LogP contribution in [0.2, 0.25) is 0 Å². The molecule has 1 fully saturated rings. The van der Waals surface area contributed by atoms with Crippen molar-refractivity contribution in [1.29, 1.82) is 0 Å². The monoisotopic (exact) mass is 400 g/mol. The molecule has 0 saturated carbocycles. The first kappa shape index (κ1) is 19.6. The van der Waals surface area contributed by atoms with Crippen molar-refractivity contribution in [1.82, 2.24) is 4.57 Å². The number of rotatable bonds is 2. The number of pyridine rings is 1. The summed E-state index contributed by atoms with van der Waals surface area (Å²) in [5.74, 6) is 0. The molecule has 29 heavy (non-hydrogen) atoms. The van der Waals surface area contributed by atoms with E-state index in [2.05, 4.69) is 13.8 Å². The Kier molecular flexibility index (Phi) is 4.48. The first-order valence-electron chi connectivity index (χ1n) is 9.64. The number of anilines is 1. The minimum absolute atomic E-state index is 0.0218. The number of hydrogen-bond acceptors (Lipinski definition) is 2. The molecule has 0 radical (unpaired) electrons. The smallest absolute Gasteiger partial charge is 0.371 e. The van der Waals surface area contributed by atoms with Crippen LogP contribution in [-0.4, -0.2) is 17.7 Å². The summed E-state index contributed by atoms with van der Waals surface area (Å²) >= 11 is 0. The van der Waals surface area contributed by atoms with Crippen LogP contribution in [0.3, 0.4) is 0 Å². The second-order valence-electron chi connectivity index (χ2n) is 8.61. The van der Waals surface area contributed by atoms with E-state index in [1.165, 1.54) is 29.0 Å². The van der Waals surface area contributed by atoms with Crippen molar-refractivity contribution in [3.8, 4) is 5.69 Å². The van der Waals surface area contributed by atoms with Gasteiger partial charge in [0, 0.05) is 36.4 Å². The third-order valence-electron chi connectivity index (χ3n) is 5.64. The van der Waals surface area contributed by atoms with E-state index >= 15 is 0 Å². The SMILES string of the molecule is Cc1ccc2c(c1)c(=O)ccn2-c1ccc(N2CCC(C)(C)C2)cc1C(F)(F)F. The molecule has 0 N–H and O–H groups in total. The number of hydrogen-bond donors (Lipinski definition) is 0. The lowest BCUT2D eigenvalue weighted by Gasteiger charge is -2.24. The first-order chi connectivity index (χ1) is 13.5. The Morgan fingerprint density at radius 2 is 1.79 bits per heavy atom. The summed E-state index contributed by atoms with van der Waals surface area (Å²) in [5, 5.41) is 0.408. The van der Waals surface area contributed by atoms with E-state index in [-0.39, 0.29) is 16.5 Å². The predicted molar refractivity (Wildman–Crippen MR) is 110 cm³/mol. The molecule has 3 nitrogen and oxygen atoms in total. The molecule has 1 aliphatic rings. The summed E-state index contributed by atoms with van der Waals surface area (Å²) in [6.07, 6.45) is -2.15. The van der Waals surface area contributed by atoms with E-state index in [0.29, 0.717) is 16.6 Å². The van der Waals surface area contributed by atoms with Crippen LogP contribution in [0.4, 0.5) is 18.9 Å². The zero-order chi connectivity index (χ0) is 21.0. The highest BCUT2D eigenvalue weighted by molar-refractivity contribution is 5.81. The Morgan fingerprint density at radius 3 is 2.45 bits per heavy atom. The third kappa shape index (κ3) is 3.63. The van der Waals surface area contributed by atoms with Crippen LogP contribution >= 0.6 is 0 Å². The van der Waals surface area contributed by atoms with Crippen LogP contribution in [0, 0.1) is 12.3 Å². The van der Waals surface area contributed by atoms with E-state index in [1.807, 2.05) is 11.8 Å². The maximum Gasteiger partial charge on any atom is 0.418 e. The molecule has 0 bridgehead atoms. The highest BCUT2D eigenvalue weighted by Gasteiger charge is 2.36. The van der Waals surface area contributed by atoms with Crippen molar-refractivity contribution in [3.63, 3.8) is 0 Å². The van der Waals surface area contributed by atoms with Crippen LogP contribution in [0.25, 0.3) is 16.6 Å². The van der Waals surface area contributed by atoms with Crippen molar-refractivity contribution >= 4 is 16.6 Å². The van der Waals surface area contributed by atoms with Gasteiger partial charge < -0.3 is 9.47 Å². The molecule has 0 aliphatic carbocycles. The summed E-state index contributed by atoms with van der Waals surface area (Å²) in [6.45, 7) is 7.57. The lowest BCUT2D eigenvalue weighted by Crippen LogP contribution is -2.23. The van der Waals surface area contributed by atoms with Crippen LogP contribution in [0.5, 0.6) is 0 Å². The van der Waals surface area contributed by atoms with Gasteiger partial charge in [0.05, 0.1) is 16.8 Å². The fourth-order valence-electron chi connectivity index (χ4n) is 4.07. The van der Waals surface area contributed by atoms with Crippen molar-refractivity contribution in [2.24, 2.45) is 5.41 Å². The molecule has 0 atom stereocenters. The number of alkyl halides is 3. The lowest BCUT2D eigenvalue weighted by atomic mass is 9.93. The fraction of sp³-hybridized carbons (Fsp3) is 0.348. The van der Waals surface area contributed by atoms with Crippen molar-refractivity contribution in [2.45, 2.75) is 33.4 Å². The van der Waals surface area contributed by atoms with Gasteiger partial charge in [0.2, 0.25) is 0 Å². The predicted octanol–water partition coefficient (Wildman–Crippen LogP) is 5.55. The van der Waals surface area contributed by atoms with Gasteiger partial charge in [-0.3, -0.25) is 4.79 Å². The van der Waals surface area contributed by atoms with Gasteiger partial charge in [-0.25, -0.2) is 0 Å². The molecule has 0 amide bonds. The molecule has 4 rings (SSSR count). The summed E-state index contributed by atoms with van der Waals surface area (Å²) in [6, 6.07) is 11.0. The normalized spacial score (nSPS) is 16.6. The van der Waals surface area contributed by atoms with Gasteiger partial charge in [-0.05, 0) is 49.1 Å². The van der Waals surface area contributed by atoms with E-state index in [1.54, 1.807) is 24.3 Å². The van der Waals surface area contributed by atoms with Crippen LogP contribution in [-0.2, 0) is 6.18 Å². The van der Waals surface area contributed by atoms with Crippen LogP contribution < -0.4 is 10.3 Å². The molecule has 0 unspecified atom stereocenters. The largest absolute Gasteiger partial charge is 0.418 e. The summed E-state index contributed by atoms with van der Waals surface area (Å²) in [5.41, 5.74) is 1.12. The second-order valence-corrected chi connectivity index (χ2v) is 8.61. The van der Waals surface area contributed by atoms with Gasteiger partial charge in [0.25, 0.3) is 0 Å². The number of benzene rings is 2. The van der Waals surface area contributed by atoms with E-state index < -0.39 is 11.7 Å². The Balaban J connectivity index is 1.90. The number of nitrogens with zero attached hydrogens (tertiary/aromatic N) is 2. The molecule has 152 valence electrons. The summed E-state index contributed by atoms with van der Waals surface area (Å²) in [7, 11) is 0. The molecule has 1 aliphatic heterocycles. The fourth-order valence-corrected chi connectivity index (χ4v) is 4.07. The minimum atomic E-state index is -4.51. The molecule has 1 saturated heterocycles. The zero-order valence-electron chi connectivity index (χ0n) is 16.7. The molecule has 2 heterocycles. The lowest BCUT2D eigenvalue weighted by molar-refractivity contribution is -0.137. The second kappa shape index (κ2) is 6.65. The highest BCUT2D eigenvalue weighted by atomic mass is 19.4. The maximum atomic E-state index is 14.0. The van der Waals surface area contributed by atoms with Crippen molar-refractivity contribution < 1.29 is 13.2 Å². The van der Waals surface area contributed by atoms with Gasteiger partial charge in [-0.1, -0.05) is 25.5 Å². The first-order valence-corrected chi connectivity index (χ1v) is 9.64. The molecular formula is C23H23F3N2O. The average Bonchev–Trinajstić information content (AvgIpc) is 3.01. The van der Waals surface area contributed by atoms with Crippen molar-refractivity contribution in [3.05, 3.63) is 70.0 Å². The summed E-state index contributed by atoms with van der Waals surface area (Å²) < 4.78 is 43.5. The summed E-state index contributed by atoms with van der Waals surface area (Å²) in [4.78, 5) is 14.2. The number of aromatic nitrogens is 1. The standard InChI is InChI=1S/C23H23F3N2O/c1-15-4-6-19-17(12-15)21(29)8-10-28(19)20-7-5-16(13-18(20)23(24,25)26)27-11-9-22(2,3)14-27/h4-8,10,12-13H,9,11,14H2,1-3H3. The van der Waals surface area contributed by atoms with Gasteiger partial charge in [0.15, 0.2) is 5.43 Å². The van der Waals surface area contributed by atoms with Crippen LogP contribution in [0.1, 0.15) is 31.4 Å². The molecule has 0 spiro atoms. The van der Waals surface area contributed by atoms with Gasteiger partial charge in [0.1, 0.15) is 0 Å².